The molecule has 0 saturated carbocycles. The molecule has 1 saturated heterocycles. The van der Waals surface area contributed by atoms with E-state index in [1.807, 2.05) is 53.4 Å². The van der Waals surface area contributed by atoms with E-state index >= 15 is 0 Å². The van der Waals surface area contributed by atoms with Gasteiger partial charge in [-0.15, -0.1) is 0 Å². The molecule has 2 N–H and O–H groups in total. The summed E-state index contributed by atoms with van der Waals surface area (Å²) in [5.41, 5.74) is 3.36. The summed E-state index contributed by atoms with van der Waals surface area (Å²) in [5.74, 6) is 0.932. The van der Waals surface area contributed by atoms with Crippen LogP contribution >= 0.6 is 0 Å². The van der Waals surface area contributed by atoms with Crippen LogP contribution in [0.15, 0.2) is 36.7 Å². The molecule has 0 spiro atoms. The van der Waals surface area contributed by atoms with E-state index in [-0.39, 0.29) is 11.8 Å². The number of imidazole rings is 1. The zero-order valence-corrected chi connectivity index (χ0v) is 14.7. The molecule has 0 radical (unpaired) electrons. The molecule has 1 aliphatic rings. The third-order valence-electron chi connectivity index (χ3n) is 4.78. The second-order valence-electron chi connectivity index (χ2n) is 6.62. The molecule has 3 aromatic rings. The number of nitrogens with one attached hydrogen (secondary N) is 2. The van der Waals surface area contributed by atoms with Crippen molar-refractivity contribution in [3.63, 3.8) is 0 Å². The van der Waals surface area contributed by atoms with Gasteiger partial charge in [-0.1, -0.05) is 0 Å². The minimum absolute atomic E-state index is 0.00288. The lowest BCUT2D eigenvalue weighted by Gasteiger charge is -2.34. The van der Waals surface area contributed by atoms with E-state index < -0.39 is 0 Å². The Morgan fingerprint density at radius 3 is 2.62 bits per heavy atom. The van der Waals surface area contributed by atoms with Crippen LogP contribution in [0.4, 0.5) is 0 Å². The number of piperazine rings is 1. The number of H-pyrrole nitrogens is 2. The van der Waals surface area contributed by atoms with Crippen LogP contribution < -0.4 is 0 Å². The molecule has 0 aliphatic carbocycles. The van der Waals surface area contributed by atoms with Crippen molar-refractivity contribution >= 4 is 22.8 Å². The quantitative estimate of drug-likeness (QED) is 0.753. The summed E-state index contributed by atoms with van der Waals surface area (Å²) < 4.78 is 0. The normalized spacial score (nSPS) is 14.8. The second-order valence-corrected chi connectivity index (χ2v) is 6.62. The molecule has 7 heteroatoms. The molecule has 3 heterocycles. The van der Waals surface area contributed by atoms with Gasteiger partial charge in [0.15, 0.2) is 0 Å². The molecule has 7 nitrogen and oxygen atoms in total. The molecule has 4 rings (SSSR count). The van der Waals surface area contributed by atoms with Crippen LogP contribution in [0, 0.1) is 6.92 Å². The first kappa shape index (κ1) is 16.4. The van der Waals surface area contributed by atoms with Crippen LogP contribution in [0.2, 0.25) is 0 Å². The van der Waals surface area contributed by atoms with Crippen molar-refractivity contribution in [2.45, 2.75) is 13.3 Å². The van der Waals surface area contributed by atoms with E-state index in [1.54, 1.807) is 0 Å². The lowest BCUT2D eigenvalue weighted by Crippen LogP contribution is -2.51. The largest absolute Gasteiger partial charge is 0.367 e. The highest BCUT2D eigenvalue weighted by atomic mass is 16.2. The molecule has 0 unspecified atom stereocenters. The number of aryl methyl sites for hydroxylation is 1. The molecule has 1 fully saturated rings. The van der Waals surface area contributed by atoms with Gasteiger partial charge in [0.1, 0.15) is 5.82 Å². The summed E-state index contributed by atoms with van der Waals surface area (Å²) >= 11 is 0. The molecular formula is C19H21N5O2. The van der Waals surface area contributed by atoms with E-state index in [0.29, 0.717) is 38.2 Å². The lowest BCUT2D eigenvalue weighted by atomic mass is 10.1. The molecule has 1 aromatic carbocycles. The van der Waals surface area contributed by atoms with Crippen molar-refractivity contribution in [1.82, 2.24) is 24.8 Å². The van der Waals surface area contributed by atoms with E-state index in [1.165, 1.54) is 0 Å². The number of fused-ring (bicyclic) bond motifs is 1. The Hall–Kier alpha value is -3.09. The highest BCUT2D eigenvalue weighted by Gasteiger charge is 2.25. The van der Waals surface area contributed by atoms with Crippen LogP contribution in [-0.2, 0) is 11.2 Å². The maximum absolute atomic E-state index is 12.8. The number of carbonyl (C=O) groups is 2. The van der Waals surface area contributed by atoms with Crippen LogP contribution in [0.3, 0.4) is 0 Å². The Balaban J connectivity index is 1.38. The van der Waals surface area contributed by atoms with Gasteiger partial charge >= 0.3 is 0 Å². The Morgan fingerprint density at radius 2 is 1.88 bits per heavy atom. The maximum atomic E-state index is 12.8. The summed E-state index contributed by atoms with van der Waals surface area (Å²) in [6.45, 7) is 4.14. The van der Waals surface area contributed by atoms with Crippen molar-refractivity contribution in [2.24, 2.45) is 0 Å². The van der Waals surface area contributed by atoms with Gasteiger partial charge in [-0.05, 0) is 36.8 Å². The number of aromatic nitrogens is 3. The molecule has 26 heavy (non-hydrogen) atoms. The van der Waals surface area contributed by atoms with Gasteiger partial charge in [-0.25, -0.2) is 4.98 Å². The maximum Gasteiger partial charge on any atom is 0.254 e. The van der Waals surface area contributed by atoms with Crippen molar-refractivity contribution in [1.29, 1.82) is 0 Å². The van der Waals surface area contributed by atoms with Crippen molar-refractivity contribution in [3.8, 4) is 0 Å². The first-order chi connectivity index (χ1) is 12.6. The molecule has 2 aromatic heterocycles. The highest BCUT2D eigenvalue weighted by molar-refractivity contribution is 5.97. The number of hydrogen-bond acceptors (Lipinski definition) is 3. The lowest BCUT2D eigenvalue weighted by molar-refractivity contribution is -0.131. The van der Waals surface area contributed by atoms with Gasteiger partial charge in [0.05, 0.1) is 17.5 Å². The van der Waals surface area contributed by atoms with E-state index in [4.69, 9.17) is 0 Å². The predicted octanol–water partition coefficient (Wildman–Crippen LogP) is 1.73. The first-order valence-electron chi connectivity index (χ1n) is 8.75. The summed E-state index contributed by atoms with van der Waals surface area (Å²) in [5, 5.41) is 0. The van der Waals surface area contributed by atoms with Crippen LogP contribution in [-0.4, -0.2) is 62.7 Å². The van der Waals surface area contributed by atoms with Gasteiger partial charge in [-0.2, -0.15) is 0 Å². The van der Waals surface area contributed by atoms with Gasteiger partial charge in [0.2, 0.25) is 5.91 Å². The number of amides is 2. The van der Waals surface area contributed by atoms with E-state index in [0.717, 1.165) is 22.4 Å². The van der Waals surface area contributed by atoms with Crippen LogP contribution in [0.5, 0.6) is 0 Å². The fourth-order valence-corrected chi connectivity index (χ4v) is 3.37. The fraction of sp³-hybridized carbons (Fsp3) is 0.316. The fourth-order valence-electron chi connectivity index (χ4n) is 3.37. The number of nitrogens with zero attached hydrogens (tertiary/aromatic N) is 3. The number of hydrogen-bond donors (Lipinski definition) is 2. The second kappa shape index (κ2) is 6.67. The summed E-state index contributed by atoms with van der Waals surface area (Å²) in [4.78, 5) is 39.2. The summed E-state index contributed by atoms with van der Waals surface area (Å²) in [6.07, 6.45) is 4.05. The van der Waals surface area contributed by atoms with Crippen molar-refractivity contribution in [3.05, 3.63) is 53.6 Å². The smallest absolute Gasteiger partial charge is 0.254 e. The molecule has 134 valence electrons. The Kier molecular flexibility index (Phi) is 4.20. The number of rotatable bonds is 3. The minimum atomic E-state index is -0.00288. The first-order valence-corrected chi connectivity index (χ1v) is 8.75. The van der Waals surface area contributed by atoms with E-state index in [2.05, 4.69) is 15.0 Å². The number of carbonyl (C=O) groups excluding carboxylic acids is 2. The average Bonchev–Trinajstić information content (AvgIpc) is 3.28. The van der Waals surface area contributed by atoms with Gasteiger partial charge < -0.3 is 19.8 Å². The zero-order valence-electron chi connectivity index (χ0n) is 14.7. The topological polar surface area (TPSA) is 85.1 Å². The number of aromatic amines is 2. The van der Waals surface area contributed by atoms with Gasteiger partial charge in [0.25, 0.3) is 5.91 Å². The van der Waals surface area contributed by atoms with Gasteiger partial charge in [0, 0.05) is 44.1 Å². The standard InChI is InChI=1S/C19H21N5O2/c1-13-21-16-3-2-15(11-17(16)22-13)19(26)24-8-6-23(7-9-24)18(25)10-14-4-5-20-12-14/h2-5,11-12,20H,6-10H2,1H3,(H,21,22). The SMILES string of the molecule is Cc1nc2ccc(C(=O)N3CCN(C(=O)Cc4cc[nH]c4)CC3)cc2[nH]1. The third kappa shape index (κ3) is 3.20. The Labute approximate surface area is 151 Å². The summed E-state index contributed by atoms with van der Waals surface area (Å²) in [6, 6.07) is 7.43. The van der Waals surface area contributed by atoms with Gasteiger partial charge in [-0.3, -0.25) is 9.59 Å². The van der Waals surface area contributed by atoms with E-state index in [9.17, 15) is 9.59 Å². The van der Waals surface area contributed by atoms with Crippen LogP contribution in [0.25, 0.3) is 11.0 Å². The van der Waals surface area contributed by atoms with Crippen molar-refractivity contribution < 1.29 is 9.59 Å². The van der Waals surface area contributed by atoms with Crippen LogP contribution in [0.1, 0.15) is 21.7 Å². The highest BCUT2D eigenvalue weighted by Crippen LogP contribution is 2.16. The average molecular weight is 351 g/mol. The minimum Gasteiger partial charge on any atom is -0.367 e. The molecule has 0 bridgehead atoms. The molecular weight excluding hydrogens is 330 g/mol. The third-order valence-corrected chi connectivity index (χ3v) is 4.78. The zero-order chi connectivity index (χ0) is 18.1. The van der Waals surface area contributed by atoms with Crippen molar-refractivity contribution in [2.75, 3.05) is 26.2 Å². The Bertz CT molecular complexity index is 936. The summed E-state index contributed by atoms with van der Waals surface area (Å²) in [7, 11) is 0. The Morgan fingerprint density at radius 1 is 1.12 bits per heavy atom. The predicted molar refractivity (Wildman–Crippen MR) is 97.8 cm³/mol. The number of benzene rings is 1. The molecule has 2 amide bonds. The monoisotopic (exact) mass is 351 g/mol. The molecule has 1 aliphatic heterocycles. The molecule has 0 atom stereocenters.